The SMILES string of the molecule is CC(=O)Nc1nc(C2=CC(C)(C)NC(C)(C)C2)cc(C(=O)NC/C(C)=C(C)/C=C(/C)NC=O)c1C=N. The summed E-state index contributed by atoms with van der Waals surface area (Å²) in [6.45, 7) is 15.6. The van der Waals surface area contributed by atoms with Gasteiger partial charge in [0.15, 0.2) is 0 Å². The smallest absolute Gasteiger partial charge is 0.252 e. The summed E-state index contributed by atoms with van der Waals surface area (Å²) < 4.78 is 0. The van der Waals surface area contributed by atoms with Crippen molar-refractivity contribution in [2.75, 3.05) is 11.9 Å². The molecule has 2 heterocycles. The molecular weight excluding hydrogens is 456 g/mol. The van der Waals surface area contributed by atoms with Gasteiger partial charge in [-0.25, -0.2) is 4.98 Å². The molecule has 0 unspecified atom stereocenters. The monoisotopic (exact) mass is 494 g/mol. The van der Waals surface area contributed by atoms with E-state index in [9.17, 15) is 14.4 Å². The zero-order valence-corrected chi connectivity index (χ0v) is 22.5. The molecule has 9 nitrogen and oxygen atoms in total. The first-order chi connectivity index (χ1) is 16.7. The molecule has 1 aromatic heterocycles. The summed E-state index contributed by atoms with van der Waals surface area (Å²) in [5, 5.41) is 19.7. The van der Waals surface area contributed by atoms with Crippen molar-refractivity contribution in [2.24, 2.45) is 0 Å². The van der Waals surface area contributed by atoms with E-state index in [4.69, 9.17) is 5.41 Å². The number of amides is 3. The number of anilines is 1. The van der Waals surface area contributed by atoms with Crippen molar-refractivity contribution in [1.29, 1.82) is 5.41 Å². The first-order valence-corrected chi connectivity index (χ1v) is 11.9. The van der Waals surface area contributed by atoms with Crippen LogP contribution in [-0.4, -0.2) is 47.0 Å². The van der Waals surface area contributed by atoms with Crippen LogP contribution in [0.4, 0.5) is 5.82 Å². The second-order valence-corrected chi connectivity index (χ2v) is 10.5. The lowest BCUT2D eigenvalue weighted by molar-refractivity contribution is -0.114. The predicted octanol–water partition coefficient (Wildman–Crippen LogP) is 3.69. The van der Waals surface area contributed by atoms with Crippen molar-refractivity contribution in [2.45, 2.75) is 72.9 Å². The van der Waals surface area contributed by atoms with Crippen LogP contribution in [-0.2, 0) is 9.59 Å². The molecule has 0 bridgehead atoms. The maximum atomic E-state index is 13.3. The molecule has 0 radical (unpaired) electrons. The highest BCUT2D eigenvalue weighted by atomic mass is 16.2. The van der Waals surface area contributed by atoms with Gasteiger partial charge in [-0.1, -0.05) is 11.6 Å². The van der Waals surface area contributed by atoms with E-state index in [-0.39, 0.29) is 46.4 Å². The normalized spacial score (nSPS) is 17.3. The Morgan fingerprint density at radius 1 is 1.17 bits per heavy atom. The van der Waals surface area contributed by atoms with Crippen molar-refractivity contribution in [3.63, 3.8) is 0 Å². The summed E-state index contributed by atoms with van der Waals surface area (Å²) >= 11 is 0. The van der Waals surface area contributed by atoms with E-state index < -0.39 is 0 Å². The fourth-order valence-electron chi connectivity index (χ4n) is 4.43. The van der Waals surface area contributed by atoms with Gasteiger partial charge in [-0.3, -0.25) is 14.4 Å². The Labute approximate surface area is 213 Å². The second kappa shape index (κ2) is 11.4. The van der Waals surface area contributed by atoms with Crippen LogP contribution in [0.15, 0.2) is 35.1 Å². The number of carbonyl (C=O) groups is 3. The van der Waals surface area contributed by atoms with Gasteiger partial charge in [-0.05, 0) is 78.2 Å². The average Bonchev–Trinajstić information content (AvgIpc) is 2.74. The van der Waals surface area contributed by atoms with Crippen LogP contribution in [0.2, 0.25) is 0 Å². The van der Waals surface area contributed by atoms with Gasteiger partial charge >= 0.3 is 0 Å². The van der Waals surface area contributed by atoms with Crippen LogP contribution in [0, 0.1) is 5.41 Å². The summed E-state index contributed by atoms with van der Waals surface area (Å²) in [5.74, 6) is -0.539. The minimum atomic E-state index is -0.379. The molecule has 0 fully saturated rings. The summed E-state index contributed by atoms with van der Waals surface area (Å²) in [4.78, 5) is 40.5. The standard InChI is InChI=1S/C27H38N6O3/c1-16(9-18(3)30-15-34)17(2)14-29-25(36)21-10-23(32-24(22(21)13-28)31-19(4)35)20-11-26(5,6)33-27(7,8)12-20/h9-11,13,15,28,33H,12,14H2,1-8H3,(H,29,36)(H,30,34)(H,31,32,35)/b17-16+,18-9-,28-13?. The molecule has 0 aliphatic carbocycles. The minimum absolute atomic E-state index is 0.178. The van der Waals surface area contributed by atoms with Gasteiger partial charge in [0.2, 0.25) is 12.3 Å². The average molecular weight is 495 g/mol. The van der Waals surface area contributed by atoms with Crippen LogP contribution < -0.4 is 21.3 Å². The van der Waals surface area contributed by atoms with Crippen LogP contribution in [0.1, 0.15) is 83.4 Å². The van der Waals surface area contributed by atoms with Gasteiger partial charge < -0.3 is 26.7 Å². The molecule has 1 aliphatic rings. The zero-order valence-electron chi connectivity index (χ0n) is 22.5. The van der Waals surface area contributed by atoms with E-state index in [2.05, 4.69) is 60.0 Å². The molecule has 194 valence electrons. The van der Waals surface area contributed by atoms with Gasteiger partial charge in [-0.15, -0.1) is 0 Å². The quantitative estimate of drug-likeness (QED) is 0.203. The number of hydrogen-bond acceptors (Lipinski definition) is 6. The topological polar surface area (TPSA) is 136 Å². The molecule has 2 rings (SSSR count). The third-order valence-electron chi connectivity index (χ3n) is 5.81. The summed E-state index contributed by atoms with van der Waals surface area (Å²) in [6, 6.07) is 1.69. The molecule has 36 heavy (non-hydrogen) atoms. The van der Waals surface area contributed by atoms with E-state index >= 15 is 0 Å². The van der Waals surface area contributed by atoms with Crippen LogP contribution in [0.3, 0.4) is 0 Å². The Kier molecular flexibility index (Phi) is 9.10. The molecule has 9 heteroatoms. The lowest BCUT2D eigenvalue weighted by Crippen LogP contribution is -2.53. The Hall–Kier alpha value is -3.59. The molecule has 0 saturated carbocycles. The van der Waals surface area contributed by atoms with Crippen LogP contribution >= 0.6 is 0 Å². The van der Waals surface area contributed by atoms with Crippen LogP contribution in [0.25, 0.3) is 5.57 Å². The van der Waals surface area contributed by atoms with Crippen molar-refractivity contribution >= 4 is 35.8 Å². The van der Waals surface area contributed by atoms with Crippen molar-refractivity contribution < 1.29 is 14.4 Å². The zero-order chi connectivity index (χ0) is 27.3. The minimum Gasteiger partial charge on any atom is -0.348 e. The Balaban J connectivity index is 2.50. The molecule has 0 aromatic carbocycles. The van der Waals surface area contributed by atoms with Gasteiger partial charge in [0.1, 0.15) is 5.82 Å². The van der Waals surface area contributed by atoms with Gasteiger partial charge in [0.05, 0.1) is 11.3 Å². The highest BCUT2D eigenvalue weighted by molar-refractivity contribution is 6.06. The van der Waals surface area contributed by atoms with E-state index in [1.54, 1.807) is 13.0 Å². The Morgan fingerprint density at radius 3 is 2.39 bits per heavy atom. The molecule has 0 spiro atoms. The van der Waals surface area contributed by atoms with Crippen LogP contribution in [0.5, 0.6) is 0 Å². The van der Waals surface area contributed by atoms with Gasteiger partial charge in [0.25, 0.3) is 5.91 Å². The number of carbonyl (C=O) groups excluding carboxylic acids is 3. The maximum Gasteiger partial charge on any atom is 0.252 e. The number of allylic oxidation sites excluding steroid dienone is 3. The van der Waals surface area contributed by atoms with Gasteiger partial charge in [0, 0.05) is 42.0 Å². The third kappa shape index (κ3) is 7.71. The molecule has 0 saturated heterocycles. The lowest BCUT2D eigenvalue weighted by Gasteiger charge is -2.41. The van der Waals surface area contributed by atoms with E-state index in [0.29, 0.717) is 24.2 Å². The maximum absolute atomic E-state index is 13.3. The summed E-state index contributed by atoms with van der Waals surface area (Å²) in [7, 11) is 0. The molecule has 1 aliphatic heterocycles. The van der Waals surface area contributed by atoms with E-state index in [1.807, 2.05) is 19.9 Å². The molecular formula is C27H38N6O3. The number of pyridine rings is 1. The summed E-state index contributed by atoms with van der Waals surface area (Å²) in [5.41, 5.74) is 4.06. The molecule has 0 atom stereocenters. The number of rotatable bonds is 9. The second-order valence-electron chi connectivity index (χ2n) is 10.5. The van der Waals surface area contributed by atoms with Gasteiger partial charge in [-0.2, -0.15) is 0 Å². The fraction of sp³-hybridized carbons (Fsp3) is 0.444. The molecule has 1 aromatic rings. The first-order valence-electron chi connectivity index (χ1n) is 11.9. The molecule has 3 amide bonds. The highest BCUT2D eigenvalue weighted by Crippen LogP contribution is 2.34. The highest BCUT2D eigenvalue weighted by Gasteiger charge is 2.33. The third-order valence-corrected chi connectivity index (χ3v) is 5.81. The predicted molar refractivity (Wildman–Crippen MR) is 144 cm³/mol. The number of aromatic nitrogens is 1. The van der Waals surface area contributed by atoms with E-state index in [1.165, 1.54) is 6.92 Å². The van der Waals surface area contributed by atoms with Crippen molar-refractivity contribution in [1.82, 2.24) is 20.9 Å². The van der Waals surface area contributed by atoms with Crippen molar-refractivity contribution in [3.8, 4) is 0 Å². The lowest BCUT2D eigenvalue weighted by atomic mass is 9.82. The number of nitrogens with one attached hydrogen (secondary N) is 5. The first kappa shape index (κ1) is 28.6. The van der Waals surface area contributed by atoms with Crippen molar-refractivity contribution in [3.05, 3.63) is 51.9 Å². The summed E-state index contributed by atoms with van der Waals surface area (Å²) in [6.07, 6.45) is 6.23. The Bertz CT molecular complexity index is 1160. The molecule has 5 N–H and O–H groups in total. The Morgan fingerprint density at radius 2 is 1.83 bits per heavy atom. The van der Waals surface area contributed by atoms with E-state index in [0.717, 1.165) is 22.9 Å². The number of hydrogen-bond donors (Lipinski definition) is 5. The number of nitrogens with zero attached hydrogens (tertiary/aromatic N) is 1. The largest absolute Gasteiger partial charge is 0.348 e. The fourth-order valence-corrected chi connectivity index (χ4v) is 4.43.